The van der Waals surface area contributed by atoms with Gasteiger partial charge in [0.1, 0.15) is 0 Å². The average Bonchev–Trinajstić information content (AvgIpc) is 2.50. The molecule has 1 aromatic heterocycles. The lowest BCUT2D eigenvalue weighted by Crippen LogP contribution is -2.13. The van der Waals surface area contributed by atoms with Gasteiger partial charge in [-0.25, -0.2) is 4.79 Å². The quantitative estimate of drug-likeness (QED) is 0.815. The lowest BCUT2D eigenvalue weighted by atomic mass is 10.1. The zero-order chi connectivity index (χ0) is 11.4. The second-order valence-electron chi connectivity index (χ2n) is 3.98. The second-order valence-corrected chi connectivity index (χ2v) is 3.98. The van der Waals surface area contributed by atoms with Crippen LogP contribution in [-0.2, 0) is 0 Å². The van der Waals surface area contributed by atoms with Gasteiger partial charge in [-0.3, -0.25) is 0 Å². The van der Waals surface area contributed by atoms with E-state index in [-0.39, 0.29) is 17.8 Å². The standard InChI is InChI=1S/C11H16O4/c1-7(2)6-8(3)14-10-5-4-9(15-10)11(12)13/h4-5,7-8H,6H2,1-3H3,(H,12,13). The van der Waals surface area contributed by atoms with Crippen LogP contribution >= 0.6 is 0 Å². The number of hydrogen-bond donors (Lipinski definition) is 1. The van der Waals surface area contributed by atoms with E-state index in [1.165, 1.54) is 12.1 Å². The largest absolute Gasteiger partial charge is 0.475 e. The minimum atomic E-state index is -1.08. The van der Waals surface area contributed by atoms with Crippen molar-refractivity contribution in [3.05, 3.63) is 17.9 Å². The number of ether oxygens (including phenoxy) is 1. The van der Waals surface area contributed by atoms with Crippen molar-refractivity contribution >= 4 is 5.97 Å². The molecule has 0 radical (unpaired) electrons. The fourth-order valence-electron chi connectivity index (χ4n) is 1.41. The number of furan rings is 1. The van der Waals surface area contributed by atoms with Crippen molar-refractivity contribution < 1.29 is 19.1 Å². The third-order valence-corrected chi connectivity index (χ3v) is 1.91. The van der Waals surface area contributed by atoms with Crippen LogP contribution in [0.15, 0.2) is 16.5 Å². The summed E-state index contributed by atoms with van der Waals surface area (Å²) in [4.78, 5) is 10.5. The molecule has 0 fully saturated rings. The molecule has 1 aromatic rings. The summed E-state index contributed by atoms with van der Waals surface area (Å²) in [7, 11) is 0. The Hall–Kier alpha value is -1.45. The molecular weight excluding hydrogens is 196 g/mol. The van der Waals surface area contributed by atoms with Gasteiger partial charge in [0.2, 0.25) is 5.76 Å². The highest BCUT2D eigenvalue weighted by Gasteiger charge is 2.12. The van der Waals surface area contributed by atoms with Crippen molar-refractivity contribution in [3.63, 3.8) is 0 Å². The maximum Gasteiger partial charge on any atom is 0.371 e. The number of carbonyl (C=O) groups is 1. The van der Waals surface area contributed by atoms with E-state index in [1.54, 1.807) is 0 Å². The molecule has 1 unspecified atom stereocenters. The lowest BCUT2D eigenvalue weighted by molar-refractivity contribution is 0.0644. The molecule has 0 aliphatic rings. The first-order valence-electron chi connectivity index (χ1n) is 4.99. The Morgan fingerprint density at radius 2 is 2.13 bits per heavy atom. The number of carboxylic acids is 1. The van der Waals surface area contributed by atoms with Gasteiger partial charge in [-0.1, -0.05) is 13.8 Å². The zero-order valence-electron chi connectivity index (χ0n) is 9.19. The molecule has 1 heterocycles. The molecule has 84 valence electrons. The van der Waals surface area contributed by atoms with Crippen LogP contribution in [0.25, 0.3) is 0 Å². The maximum atomic E-state index is 10.5. The van der Waals surface area contributed by atoms with E-state index < -0.39 is 5.97 Å². The van der Waals surface area contributed by atoms with Crippen molar-refractivity contribution in [2.75, 3.05) is 0 Å². The molecule has 0 saturated carbocycles. The molecule has 0 aliphatic heterocycles. The van der Waals surface area contributed by atoms with Crippen molar-refractivity contribution in [2.45, 2.75) is 33.3 Å². The first kappa shape index (κ1) is 11.6. The van der Waals surface area contributed by atoms with Gasteiger partial charge in [0.25, 0.3) is 5.95 Å². The molecule has 4 heteroatoms. The van der Waals surface area contributed by atoms with E-state index in [0.717, 1.165) is 6.42 Å². The van der Waals surface area contributed by atoms with Crippen molar-refractivity contribution in [2.24, 2.45) is 5.92 Å². The number of rotatable bonds is 5. The first-order chi connectivity index (χ1) is 6.99. The minimum absolute atomic E-state index is 0.0257. The van der Waals surface area contributed by atoms with E-state index in [1.807, 2.05) is 6.92 Å². The Bertz CT molecular complexity index is 327. The summed E-state index contributed by atoms with van der Waals surface area (Å²) in [6, 6.07) is 2.92. The highest BCUT2D eigenvalue weighted by atomic mass is 16.6. The molecule has 4 nitrogen and oxygen atoms in total. The van der Waals surface area contributed by atoms with Crippen LogP contribution in [0.5, 0.6) is 5.95 Å². The maximum absolute atomic E-state index is 10.5. The minimum Gasteiger partial charge on any atom is -0.475 e. The van der Waals surface area contributed by atoms with Gasteiger partial charge in [0.15, 0.2) is 0 Å². The second kappa shape index (κ2) is 4.87. The van der Waals surface area contributed by atoms with Crippen molar-refractivity contribution in [3.8, 4) is 5.95 Å². The van der Waals surface area contributed by atoms with Crippen molar-refractivity contribution in [1.29, 1.82) is 0 Å². The Morgan fingerprint density at radius 1 is 1.47 bits per heavy atom. The third kappa shape index (κ3) is 3.65. The van der Waals surface area contributed by atoms with Gasteiger partial charge in [0, 0.05) is 6.07 Å². The summed E-state index contributed by atoms with van der Waals surface area (Å²) in [6.45, 7) is 6.14. The Morgan fingerprint density at radius 3 is 2.60 bits per heavy atom. The molecule has 0 saturated heterocycles. The van der Waals surface area contributed by atoms with E-state index in [2.05, 4.69) is 13.8 Å². The highest BCUT2D eigenvalue weighted by Crippen LogP contribution is 2.19. The SMILES string of the molecule is CC(C)CC(C)Oc1ccc(C(=O)O)o1. The van der Waals surface area contributed by atoms with Gasteiger partial charge in [0.05, 0.1) is 6.10 Å². The van der Waals surface area contributed by atoms with Crippen molar-refractivity contribution in [1.82, 2.24) is 0 Å². The van der Waals surface area contributed by atoms with Crippen LogP contribution in [0.3, 0.4) is 0 Å². The van der Waals surface area contributed by atoms with E-state index >= 15 is 0 Å². The van der Waals surface area contributed by atoms with Crippen LogP contribution in [0.4, 0.5) is 0 Å². The molecule has 0 aliphatic carbocycles. The summed E-state index contributed by atoms with van der Waals surface area (Å²) >= 11 is 0. The number of hydrogen-bond acceptors (Lipinski definition) is 3. The third-order valence-electron chi connectivity index (χ3n) is 1.91. The monoisotopic (exact) mass is 212 g/mol. The fraction of sp³-hybridized carbons (Fsp3) is 0.545. The van der Waals surface area contributed by atoms with Crippen LogP contribution in [0.2, 0.25) is 0 Å². The van der Waals surface area contributed by atoms with Gasteiger partial charge >= 0.3 is 5.97 Å². The summed E-state index contributed by atoms with van der Waals surface area (Å²) in [5.74, 6) is -0.377. The van der Waals surface area contributed by atoms with E-state index in [0.29, 0.717) is 5.92 Å². The molecule has 0 spiro atoms. The lowest BCUT2D eigenvalue weighted by Gasteiger charge is -2.13. The summed E-state index contributed by atoms with van der Waals surface area (Å²) in [6.07, 6.45) is 0.932. The smallest absolute Gasteiger partial charge is 0.371 e. The van der Waals surface area contributed by atoms with E-state index in [4.69, 9.17) is 14.3 Å². The summed E-state index contributed by atoms with van der Waals surface area (Å²) < 4.78 is 10.4. The average molecular weight is 212 g/mol. The molecule has 1 N–H and O–H groups in total. The predicted molar refractivity (Wildman–Crippen MR) is 55.2 cm³/mol. The molecule has 0 aromatic carbocycles. The number of aromatic carboxylic acids is 1. The predicted octanol–water partition coefficient (Wildman–Crippen LogP) is 2.79. The van der Waals surface area contributed by atoms with Gasteiger partial charge < -0.3 is 14.3 Å². The fourth-order valence-corrected chi connectivity index (χ4v) is 1.41. The topological polar surface area (TPSA) is 59.7 Å². The van der Waals surface area contributed by atoms with Gasteiger partial charge in [-0.2, -0.15) is 0 Å². The van der Waals surface area contributed by atoms with Crippen LogP contribution in [-0.4, -0.2) is 17.2 Å². The van der Waals surface area contributed by atoms with Crippen LogP contribution in [0, 0.1) is 5.92 Å². The normalized spacial score (nSPS) is 12.8. The molecule has 0 amide bonds. The number of carboxylic acid groups (broad SMARTS) is 1. The van der Waals surface area contributed by atoms with Crippen LogP contribution < -0.4 is 4.74 Å². The highest BCUT2D eigenvalue weighted by molar-refractivity contribution is 5.84. The van der Waals surface area contributed by atoms with Gasteiger partial charge in [-0.05, 0) is 25.3 Å². The van der Waals surface area contributed by atoms with Crippen LogP contribution in [0.1, 0.15) is 37.7 Å². The zero-order valence-corrected chi connectivity index (χ0v) is 9.19. The summed E-state index contributed by atoms with van der Waals surface area (Å²) in [5.41, 5.74) is 0. The summed E-state index contributed by atoms with van der Waals surface area (Å²) in [5, 5.41) is 8.63. The molecule has 0 bridgehead atoms. The molecule has 1 rings (SSSR count). The Kier molecular flexibility index (Phi) is 3.77. The molecule has 1 atom stereocenters. The first-order valence-corrected chi connectivity index (χ1v) is 4.99. The van der Waals surface area contributed by atoms with E-state index in [9.17, 15) is 4.79 Å². The molecule has 15 heavy (non-hydrogen) atoms. The Balaban J connectivity index is 2.53. The Labute approximate surface area is 88.8 Å². The molecular formula is C11H16O4. The van der Waals surface area contributed by atoms with Gasteiger partial charge in [-0.15, -0.1) is 0 Å².